The van der Waals surface area contributed by atoms with Crippen LogP contribution in [0.5, 0.6) is 0 Å². The zero-order chi connectivity index (χ0) is 16.2. The lowest BCUT2D eigenvalue weighted by atomic mass is 10.2. The van der Waals surface area contributed by atoms with Crippen molar-refractivity contribution in [2.24, 2.45) is 0 Å². The molecule has 0 fully saturated rings. The van der Waals surface area contributed by atoms with E-state index in [2.05, 4.69) is 15.3 Å². The van der Waals surface area contributed by atoms with Gasteiger partial charge in [-0.1, -0.05) is 23.4 Å². The molecule has 2 heterocycles. The molecule has 0 aliphatic rings. The van der Waals surface area contributed by atoms with E-state index < -0.39 is 17.9 Å². The number of esters is 1. The van der Waals surface area contributed by atoms with E-state index >= 15 is 0 Å². The van der Waals surface area contributed by atoms with Crippen molar-refractivity contribution in [2.45, 2.75) is 13.0 Å². The van der Waals surface area contributed by atoms with Crippen LogP contribution >= 0.6 is 0 Å². The van der Waals surface area contributed by atoms with Crippen LogP contribution < -0.4 is 0 Å². The van der Waals surface area contributed by atoms with E-state index in [4.69, 9.17) is 4.74 Å². The molecule has 1 atom stereocenters. The van der Waals surface area contributed by atoms with Gasteiger partial charge in [0, 0.05) is 6.20 Å². The Balaban J connectivity index is 1.73. The molecule has 7 heteroatoms. The van der Waals surface area contributed by atoms with E-state index in [0.717, 1.165) is 18.0 Å². The fourth-order valence-electron chi connectivity index (χ4n) is 1.98. The van der Waals surface area contributed by atoms with Gasteiger partial charge in [0.05, 0.1) is 23.6 Å². The number of pyridine rings is 1. The van der Waals surface area contributed by atoms with Gasteiger partial charge in [-0.15, -0.1) is 5.10 Å². The summed E-state index contributed by atoms with van der Waals surface area (Å²) < 4.78 is 19.9. The molecule has 3 aromatic rings. The summed E-state index contributed by atoms with van der Waals surface area (Å²) in [5.74, 6) is -1.26. The third-order valence-corrected chi connectivity index (χ3v) is 3.17. The number of halogens is 1. The fraction of sp³-hybridized carbons (Fsp3) is 0.125. The molecule has 1 aromatic carbocycles. The highest BCUT2D eigenvalue weighted by atomic mass is 19.1. The number of ether oxygens (including phenoxy) is 1. The standard InChI is InChI=1S/C16H13FN4O2/c1-11(23-16(22)12-7-13(17)9-18-8-12)15-10-21(20-19-15)14-5-3-2-4-6-14/h2-11H,1H3. The minimum atomic E-state index is -0.668. The molecule has 2 aromatic heterocycles. The van der Waals surface area contributed by atoms with Crippen LogP contribution in [-0.2, 0) is 4.74 Å². The molecule has 0 bridgehead atoms. The molecule has 0 saturated carbocycles. The summed E-state index contributed by atoms with van der Waals surface area (Å²) in [5, 5.41) is 8.01. The monoisotopic (exact) mass is 312 g/mol. The minimum absolute atomic E-state index is 0.0484. The predicted octanol–water partition coefficient (Wildman–Crippen LogP) is 2.72. The number of hydrogen-bond donors (Lipinski definition) is 0. The van der Waals surface area contributed by atoms with Crippen molar-refractivity contribution in [1.29, 1.82) is 0 Å². The van der Waals surface area contributed by atoms with Crippen LogP contribution in [0.3, 0.4) is 0 Å². The maximum absolute atomic E-state index is 13.1. The Morgan fingerprint density at radius 2 is 2.04 bits per heavy atom. The summed E-state index contributed by atoms with van der Waals surface area (Å²) in [4.78, 5) is 15.6. The molecule has 1 unspecified atom stereocenters. The third-order valence-electron chi connectivity index (χ3n) is 3.17. The summed E-state index contributed by atoms with van der Waals surface area (Å²) in [6.45, 7) is 1.67. The highest BCUT2D eigenvalue weighted by Crippen LogP contribution is 2.17. The minimum Gasteiger partial charge on any atom is -0.452 e. The Hall–Kier alpha value is -3.09. The van der Waals surface area contributed by atoms with Crippen LogP contribution in [0.4, 0.5) is 4.39 Å². The number of carbonyl (C=O) groups is 1. The van der Waals surface area contributed by atoms with Gasteiger partial charge >= 0.3 is 5.97 Å². The number of rotatable bonds is 4. The second kappa shape index (κ2) is 6.35. The van der Waals surface area contributed by atoms with Crippen molar-refractivity contribution in [2.75, 3.05) is 0 Å². The topological polar surface area (TPSA) is 69.9 Å². The summed E-state index contributed by atoms with van der Waals surface area (Å²) in [6, 6.07) is 10.5. The molecule has 0 radical (unpaired) electrons. The zero-order valence-electron chi connectivity index (χ0n) is 12.3. The number of aromatic nitrogens is 4. The molecule has 6 nitrogen and oxygen atoms in total. The highest BCUT2D eigenvalue weighted by molar-refractivity contribution is 5.89. The Bertz CT molecular complexity index is 820. The smallest absolute Gasteiger partial charge is 0.340 e. The van der Waals surface area contributed by atoms with Gasteiger partial charge in [0.15, 0.2) is 0 Å². The molecule has 0 aliphatic heterocycles. The van der Waals surface area contributed by atoms with Crippen LogP contribution in [0.15, 0.2) is 55.0 Å². The predicted molar refractivity (Wildman–Crippen MR) is 79.4 cm³/mol. The van der Waals surface area contributed by atoms with Crippen molar-refractivity contribution < 1.29 is 13.9 Å². The van der Waals surface area contributed by atoms with Gasteiger partial charge in [-0.05, 0) is 25.1 Å². The van der Waals surface area contributed by atoms with E-state index in [1.54, 1.807) is 17.8 Å². The van der Waals surface area contributed by atoms with E-state index in [9.17, 15) is 9.18 Å². The van der Waals surface area contributed by atoms with Gasteiger partial charge in [-0.25, -0.2) is 13.9 Å². The van der Waals surface area contributed by atoms with E-state index in [1.807, 2.05) is 30.3 Å². The van der Waals surface area contributed by atoms with Crippen LogP contribution in [0.2, 0.25) is 0 Å². The molecule has 0 amide bonds. The molecule has 23 heavy (non-hydrogen) atoms. The van der Waals surface area contributed by atoms with Crippen LogP contribution in [0.1, 0.15) is 29.1 Å². The Morgan fingerprint density at radius 1 is 1.26 bits per heavy atom. The molecular formula is C16H13FN4O2. The van der Waals surface area contributed by atoms with Gasteiger partial charge in [0.25, 0.3) is 0 Å². The molecule has 0 aliphatic carbocycles. The van der Waals surface area contributed by atoms with Gasteiger partial charge in [0.1, 0.15) is 17.6 Å². The Labute approximate surface area is 131 Å². The van der Waals surface area contributed by atoms with Crippen LogP contribution in [-0.4, -0.2) is 25.9 Å². The van der Waals surface area contributed by atoms with Crippen molar-refractivity contribution >= 4 is 5.97 Å². The SMILES string of the molecule is CC(OC(=O)c1cncc(F)c1)c1cn(-c2ccccc2)nn1. The van der Waals surface area contributed by atoms with Gasteiger partial charge in [-0.2, -0.15) is 0 Å². The molecule has 3 rings (SSSR count). The first-order valence-electron chi connectivity index (χ1n) is 6.92. The van der Waals surface area contributed by atoms with Crippen molar-refractivity contribution in [3.8, 4) is 5.69 Å². The number of hydrogen-bond acceptors (Lipinski definition) is 5. The second-order valence-electron chi connectivity index (χ2n) is 4.86. The summed E-state index contributed by atoms with van der Waals surface area (Å²) in [7, 11) is 0. The number of benzene rings is 1. The average molecular weight is 312 g/mol. The van der Waals surface area contributed by atoms with Crippen LogP contribution in [0, 0.1) is 5.82 Å². The van der Waals surface area contributed by atoms with Gasteiger partial charge in [-0.3, -0.25) is 4.98 Å². The second-order valence-corrected chi connectivity index (χ2v) is 4.86. The molecule has 0 N–H and O–H groups in total. The molecule has 116 valence electrons. The van der Waals surface area contributed by atoms with E-state index in [-0.39, 0.29) is 5.56 Å². The summed E-state index contributed by atoms with van der Waals surface area (Å²) >= 11 is 0. The quantitative estimate of drug-likeness (QED) is 0.693. The van der Waals surface area contributed by atoms with E-state index in [1.165, 1.54) is 6.20 Å². The first-order chi connectivity index (χ1) is 11.1. The van der Waals surface area contributed by atoms with E-state index in [0.29, 0.717) is 5.69 Å². The highest BCUT2D eigenvalue weighted by Gasteiger charge is 2.17. The fourth-order valence-corrected chi connectivity index (χ4v) is 1.98. The largest absolute Gasteiger partial charge is 0.452 e. The van der Waals surface area contributed by atoms with Crippen molar-refractivity contribution in [3.05, 3.63) is 72.1 Å². The molecule has 0 spiro atoms. The summed E-state index contributed by atoms with van der Waals surface area (Å²) in [5.41, 5.74) is 1.39. The maximum Gasteiger partial charge on any atom is 0.340 e. The lowest BCUT2D eigenvalue weighted by Crippen LogP contribution is -2.10. The third kappa shape index (κ3) is 3.39. The van der Waals surface area contributed by atoms with Crippen molar-refractivity contribution in [1.82, 2.24) is 20.0 Å². The Morgan fingerprint density at radius 3 is 2.78 bits per heavy atom. The molecular weight excluding hydrogens is 299 g/mol. The lowest BCUT2D eigenvalue weighted by Gasteiger charge is -2.10. The maximum atomic E-state index is 13.1. The number of carbonyl (C=O) groups excluding carboxylic acids is 1. The summed E-state index contributed by atoms with van der Waals surface area (Å²) in [6.07, 6.45) is 3.32. The first kappa shape index (κ1) is 14.8. The number of para-hydroxylation sites is 1. The Kier molecular flexibility index (Phi) is 4.09. The van der Waals surface area contributed by atoms with Crippen molar-refractivity contribution in [3.63, 3.8) is 0 Å². The van der Waals surface area contributed by atoms with Gasteiger partial charge < -0.3 is 4.74 Å². The van der Waals surface area contributed by atoms with Crippen LogP contribution in [0.25, 0.3) is 5.69 Å². The lowest BCUT2D eigenvalue weighted by molar-refractivity contribution is 0.0328. The van der Waals surface area contributed by atoms with Gasteiger partial charge in [0.2, 0.25) is 0 Å². The number of nitrogens with zero attached hydrogens (tertiary/aromatic N) is 4. The molecule has 0 saturated heterocycles. The average Bonchev–Trinajstić information content (AvgIpc) is 3.06. The normalized spacial score (nSPS) is 11.9. The zero-order valence-corrected chi connectivity index (χ0v) is 12.3. The first-order valence-corrected chi connectivity index (χ1v) is 6.92.